The predicted octanol–water partition coefficient (Wildman–Crippen LogP) is 2.66. The van der Waals surface area contributed by atoms with Crippen molar-refractivity contribution in [1.82, 2.24) is 10.2 Å². The fourth-order valence-electron chi connectivity index (χ4n) is 2.76. The van der Waals surface area contributed by atoms with Gasteiger partial charge in [0.25, 0.3) is 0 Å². The van der Waals surface area contributed by atoms with E-state index in [2.05, 4.69) is 31.1 Å². The van der Waals surface area contributed by atoms with Crippen molar-refractivity contribution < 1.29 is 4.42 Å². The summed E-state index contributed by atoms with van der Waals surface area (Å²) in [5.41, 5.74) is 0. The van der Waals surface area contributed by atoms with Crippen LogP contribution in [0.15, 0.2) is 22.8 Å². The standard InChI is InChI=1S/C14H24N2O/c1-11(13-6-4-8-16(3)10-13)15-12(2)14-7-5-9-17-14/h5,7,9,11-13,15H,4,6,8,10H2,1-3H3. The van der Waals surface area contributed by atoms with Crippen LogP contribution in [0, 0.1) is 5.92 Å². The van der Waals surface area contributed by atoms with Gasteiger partial charge in [-0.15, -0.1) is 0 Å². The van der Waals surface area contributed by atoms with Crippen LogP contribution < -0.4 is 5.32 Å². The van der Waals surface area contributed by atoms with E-state index < -0.39 is 0 Å². The van der Waals surface area contributed by atoms with Crippen LogP contribution in [0.25, 0.3) is 0 Å². The van der Waals surface area contributed by atoms with Crippen molar-refractivity contribution in [3.05, 3.63) is 24.2 Å². The van der Waals surface area contributed by atoms with Crippen molar-refractivity contribution in [3.8, 4) is 0 Å². The molecule has 1 aliphatic heterocycles. The molecule has 1 saturated heterocycles. The molecule has 0 saturated carbocycles. The summed E-state index contributed by atoms with van der Waals surface area (Å²) in [7, 11) is 2.22. The van der Waals surface area contributed by atoms with Crippen molar-refractivity contribution >= 4 is 0 Å². The molecule has 0 aliphatic carbocycles. The number of nitrogens with one attached hydrogen (secondary N) is 1. The fraction of sp³-hybridized carbons (Fsp3) is 0.714. The molecule has 17 heavy (non-hydrogen) atoms. The summed E-state index contributed by atoms with van der Waals surface area (Å²) in [6.07, 6.45) is 4.40. The lowest BCUT2D eigenvalue weighted by atomic mass is 9.91. The topological polar surface area (TPSA) is 28.4 Å². The van der Waals surface area contributed by atoms with Gasteiger partial charge in [-0.1, -0.05) is 0 Å². The van der Waals surface area contributed by atoms with E-state index in [1.54, 1.807) is 6.26 Å². The Kier molecular flexibility index (Phi) is 4.24. The number of hydrogen-bond acceptors (Lipinski definition) is 3. The maximum absolute atomic E-state index is 5.43. The minimum absolute atomic E-state index is 0.298. The molecule has 0 amide bonds. The van der Waals surface area contributed by atoms with Gasteiger partial charge in [-0.3, -0.25) is 0 Å². The molecule has 0 bridgehead atoms. The second-order valence-corrected chi connectivity index (χ2v) is 5.36. The van der Waals surface area contributed by atoms with Gasteiger partial charge in [0, 0.05) is 12.6 Å². The third-order valence-corrected chi connectivity index (χ3v) is 3.85. The SMILES string of the molecule is CC(NC(C)C1CCCN(C)C1)c1ccco1. The lowest BCUT2D eigenvalue weighted by molar-refractivity contribution is 0.172. The second-order valence-electron chi connectivity index (χ2n) is 5.36. The molecule has 0 spiro atoms. The monoisotopic (exact) mass is 236 g/mol. The summed E-state index contributed by atoms with van der Waals surface area (Å²) >= 11 is 0. The highest BCUT2D eigenvalue weighted by molar-refractivity contribution is 5.03. The normalized spacial score (nSPS) is 25.7. The summed E-state index contributed by atoms with van der Waals surface area (Å²) in [5, 5.41) is 3.65. The molecular weight excluding hydrogens is 212 g/mol. The number of likely N-dealkylation sites (tertiary alicyclic amines) is 1. The molecule has 96 valence electrons. The Morgan fingerprint density at radius 1 is 1.47 bits per heavy atom. The zero-order valence-electron chi connectivity index (χ0n) is 11.1. The predicted molar refractivity (Wildman–Crippen MR) is 69.9 cm³/mol. The average Bonchev–Trinajstić information content (AvgIpc) is 2.82. The van der Waals surface area contributed by atoms with Gasteiger partial charge in [0.05, 0.1) is 12.3 Å². The largest absolute Gasteiger partial charge is 0.468 e. The van der Waals surface area contributed by atoms with E-state index in [0.717, 1.165) is 11.7 Å². The fourth-order valence-corrected chi connectivity index (χ4v) is 2.76. The minimum atomic E-state index is 0.298. The van der Waals surface area contributed by atoms with Gasteiger partial charge in [0.15, 0.2) is 0 Å². The summed E-state index contributed by atoms with van der Waals surface area (Å²) in [6, 6.07) is 4.83. The van der Waals surface area contributed by atoms with E-state index in [1.165, 1.54) is 25.9 Å². The zero-order valence-corrected chi connectivity index (χ0v) is 11.1. The first kappa shape index (κ1) is 12.7. The van der Waals surface area contributed by atoms with E-state index >= 15 is 0 Å². The maximum atomic E-state index is 5.43. The Morgan fingerprint density at radius 3 is 2.94 bits per heavy atom. The molecule has 1 aromatic heterocycles. The Labute approximate surface area is 104 Å². The van der Waals surface area contributed by atoms with E-state index in [-0.39, 0.29) is 0 Å². The van der Waals surface area contributed by atoms with E-state index in [0.29, 0.717) is 12.1 Å². The molecule has 3 nitrogen and oxygen atoms in total. The molecule has 3 unspecified atom stereocenters. The number of furan rings is 1. The Bertz CT molecular complexity index is 323. The van der Waals surface area contributed by atoms with Gasteiger partial charge in [-0.2, -0.15) is 0 Å². The van der Waals surface area contributed by atoms with Gasteiger partial charge >= 0.3 is 0 Å². The first-order valence-electron chi connectivity index (χ1n) is 6.65. The zero-order chi connectivity index (χ0) is 12.3. The van der Waals surface area contributed by atoms with Crippen molar-refractivity contribution in [3.63, 3.8) is 0 Å². The smallest absolute Gasteiger partial charge is 0.120 e. The van der Waals surface area contributed by atoms with Crippen molar-refractivity contribution in [2.24, 2.45) is 5.92 Å². The van der Waals surface area contributed by atoms with Crippen LogP contribution in [-0.2, 0) is 0 Å². The summed E-state index contributed by atoms with van der Waals surface area (Å²) in [6.45, 7) is 6.92. The van der Waals surface area contributed by atoms with Crippen LogP contribution in [0.5, 0.6) is 0 Å². The van der Waals surface area contributed by atoms with E-state index in [1.807, 2.05) is 12.1 Å². The van der Waals surface area contributed by atoms with E-state index in [4.69, 9.17) is 4.42 Å². The molecule has 2 heterocycles. The number of piperidine rings is 1. The molecule has 3 atom stereocenters. The molecular formula is C14H24N2O. The van der Waals surface area contributed by atoms with Crippen LogP contribution in [0.4, 0.5) is 0 Å². The lowest BCUT2D eigenvalue weighted by Gasteiger charge is -2.35. The number of nitrogens with zero attached hydrogens (tertiary/aromatic N) is 1. The number of hydrogen-bond donors (Lipinski definition) is 1. The maximum Gasteiger partial charge on any atom is 0.120 e. The average molecular weight is 236 g/mol. The molecule has 0 aromatic carbocycles. The second kappa shape index (κ2) is 5.69. The van der Waals surface area contributed by atoms with E-state index in [9.17, 15) is 0 Å². The molecule has 1 aromatic rings. The summed E-state index contributed by atoms with van der Waals surface area (Å²) in [5.74, 6) is 1.78. The van der Waals surface area contributed by atoms with Gasteiger partial charge in [0.2, 0.25) is 0 Å². The van der Waals surface area contributed by atoms with Crippen molar-refractivity contribution in [2.45, 2.75) is 38.8 Å². The van der Waals surface area contributed by atoms with Crippen LogP contribution in [0.3, 0.4) is 0 Å². The van der Waals surface area contributed by atoms with Gasteiger partial charge < -0.3 is 14.6 Å². The molecule has 0 radical (unpaired) electrons. The summed E-state index contributed by atoms with van der Waals surface area (Å²) < 4.78 is 5.43. The van der Waals surface area contributed by atoms with Crippen LogP contribution in [0.2, 0.25) is 0 Å². The third kappa shape index (κ3) is 3.33. The van der Waals surface area contributed by atoms with Gasteiger partial charge in [-0.05, 0) is 58.3 Å². The highest BCUT2D eigenvalue weighted by Crippen LogP contribution is 2.21. The summed E-state index contributed by atoms with van der Waals surface area (Å²) in [4.78, 5) is 2.43. The molecule has 1 N–H and O–H groups in total. The van der Waals surface area contributed by atoms with Crippen molar-refractivity contribution in [2.75, 3.05) is 20.1 Å². The van der Waals surface area contributed by atoms with Crippen LogP contribution in [-0.4, -0.2) is 31.1 Å². The van der Waals surface area contributed by atoms with Gasteiger partial charge in [0.1, 0.15) is 5.76 Å². The highest BCUT2D eigenvalue weighted by atomic mass is 16.3. The van der Waals surface area contributed by atoms with Gasteiger partial charge in [-0.25, -0.2) is 0 Å². The Morgan fingerprint density at radius 2 is 2.29 bits per heavy atom. The molecule has 3 heteroatoms. The lowest BCUT2D eigenvalue weighted by Crippen LogP contribution is -2.43. The highest BCUT2D eigenvalue weighted by Gasteiger charge is 2.24. The molecule has 1 fully saturated rings. The van der Waals surface area contributed by atoms with Crippen LogP contribution >= 0.6 is 0 Å². The molecule has 1 aliphatic rings. The van der Waals surface area contributed by atoms with Crippen molar-refractivity contribution in [1.29, 1.82) is 0 Å². The Balaban J connectivity index is 1.85. The van der Waals surface area contributed by atoms with Crippen LogP contribution in [0.1, 0.15) is 38.5 Å². The Hall–Kier alpha value is -0.800. The number of rotatable bonds is 4. The molecule has 2 rings (SSSR count). The minimum Gasteiger partial charge on any atom is -0.468 e. The third-order valence-electron chi connectivity index (χ3n) is 3.85. The quantitative estimate of drug-likeness (QED) is 0.871. The first-order chi connectivity index (χ1) is 8.16. The first-order valence-corrected chi connectivity index (χ1v) is 6.65.